The highest BCUT2D eigenvalue weighted by Gasteiger charge is 2.40. The Labute approximate surface area is 298 Å². The zero-order valence-electron chi connectivity index (χ0n) is 28.3. The summed E-state index contributed by atoms with van der Waals surface area (Å²) >= 11 is 0. The number of hydrogen-bond donors (Lipinski definition) is 1. The van der Waals surface area contributed by atoms with Crippen LogP contribution in [0.1, 0.15) is 38.8 Å². The molecular weight excluding hydrogens is 659 g/mol. The molecule has 1 N–H and O–H groups in total. The Balaban J connectivity index is 1.35. The standard InChI is InChI=1S/C42H37N3O5S/c1-30-16-18-34(19-17-30)43-51(47,48)38-24-25-40-39(27-38)42(46)45(35-20-22-36(49-2)23-21-35)41(44(40)28-31-10-5-3-6-11-31)33-14-9-15-37(26-33)50-29-32-12-7-4-8-13-32/h3-27,41,43H,28-29H2,1-2H3/t41-/m0/s1. The van der Waals surface area contributed by atoms with E-state index in [2.05, 4.69) is 9.62 Å². The zero-order valence-corrected chi connectivity index (χ0v) is 29.1. The molecule has 0 saturated heterocycles. The smallest absolute Gasteiger partial charge is 0.262 e. The Hall–Kier alpha value is -6.06. The highest BCUT2D eigenvalue weighted by molar-refractivity contribution is 7.92. The fourth-order valence-electron chi connectivity index (χ4n) is 6.24. The number of carbonyl (C=O) groups is 1. The molecule has 6 aromatic rings. The lowest BCUT2D eigenvalue weighted by molar-refractivity contribution is 0.0967. The van der Waals surface area contributed by atoms with Crippen LogP contribution in [0.5, 0.6) is 11.5 Å². The number of carbonyl (C=O) groups excluding carboxylic acids is 1. The maximum atomic E-state index is 14.8. The van der Waals surface area contributed by atoms with Crippen molar-refractivity contribution in [2.24, 2.45) is 0 Å². The summed E-state index contributed by atoms with van der Waals surface area (Å²) in [5.74, 6) is 0.966. The lowest BCUT2D eigenvalue weighted by Crippen LogP contribution is -2.49. The van der Waals surface area contributed by atoms with Gasteiger partial charge in [-0.1, -0.05) is 90.5 Å². The molecule has 9 heteroatoms. The van der Waals surface area contributed by atoms with Crippen molar-refractivity contribution in [3.05, 3.63) is 179 Å². The van der Waals surface area contributed by atoms with Crippen LogP contribution in [0.4, 0.5) is 17.1 Å². The van der Waals surface area contributed by atoms with Crippen LogP contribution in [-0.2, 0) is 23.2 Å². The van der Waals surface area contributed by atoms with Crippen molar-refractivity contribution in [2.75, 3.05) is 21.6 Å². The second-order valence-electron chi connectivity index (χ2n) is 12.4. The lowest BCUT2D eigenvalue weighted by atomic mass is 9.99. The quantitative estimate of drug-likeness (QED) is 0.146. The minimum Gasteiger partial charge on any atom is -0.497 e. The molecule has 0 aliphatic carbocycles. The second kappa shape index (κ2) is 14.4. The van der Waals surface area contributed by atoms with Gasteiger partial charge in [0.05, 0.1) is 23.3 Å². The second-order valence-corrected chi connectivity index (χ2v) is 14.0. The van der Waals surface area contributed by atoms with Crippen LogP contribution < -0.4 is 24.0 Å². The van der Waals surface area contributed by atoms with Gasteiger partial charge in [0.2, 0.25) is 0 Å². The SMILES string of the molecule is COc1ccc(N2C(=O)c3cc(S(=O)(=O)Nc4ccc(C)cc4)ccc3N(Cc3ccccc3)[C@@H]2c2cccc(OCc3ccccc3)c2)cc1. The van der Waals surface area contributed by atoms with Gasteiger partial charge in [0.25, 0.3) is 15.9 Å². The third kappa shape index (κ3) is 7.29. The summed E-state index contributed by atoms with van der Waals surface area (Å²) < 4.78 is 41.7. The third-order valence-corrected chi connectivity index (χ3v) is 10.2. The van der Waals surface area contributed by atoms with Crippen LogP contribution in [0.3, 0.4) is 0 Å². The van der Waals surface area contributed by atoms with Gasteiger partial charge in [-0.15, -0.1) is 0 Å². The van der Waals surface area contributed by atoms with E-state index in [4.69, 9.17) is 9.47 Å². The van der Waals surface area contributed by atoms with Gasteiger partial charge >= 0.3 is 0 Å². The van der Waals surface area contributed by atoms with Crippen molar-refractivity contribution in [3.8, 4) is 11.5 Å². The maximum absolute atomic E-state index is 14.8. The number of anilines is 3. The average Bonchev–Trinajstić information content (AvgIpc) is 3.16. The van der Waals surface area contributed by atoms with Gasteiger partial charge in [-0.2, -0.15) is 0 Å². The van der Waals surface area contributed by atoms with E-state index in [1.165, 1.54) is 6.07 Å². The van der Waals surface area contributed by atoms with Gasteiger partial charge in [0.1, 0.15) is 24.3 Å². The van der Waals surface area contributed by atoms with Gasteiger partial charge in [0, 0.05) is 17.9 Å². The fraction of sp³-hybridized carbons (Fsp3) is 0.119. The number of amides is 1. The van der Waals surface area contributed by atoms with Crippen LogP contribution in [0.2, 0.25) is 0 Å². The molecule has 6 aromatic carbocycles. The summed E-state index contributed by atoms with van der Waals surface area (Å²) in [7, 11) is -2.43. The third-order valence-electron chi connectivity index (χ3n) is 8.83. The van der Waals surface area contributed by atoms with Crippen molar-refractivity contribution in [2.45, 2.75) is 31.1 Å². The van der Waals surface area contributed by atoms with E-state index in [9.17, 15) is 13.2 Å². The molecule has 1 atom stereocenters. The van der Waals surface area contributed by atoms with E-state index >= 15 is 0 Å². The van der Waals surface area contributed by atoms with Gasteiger partial charge in [-0.25, -0.2) is 8.42 Å². The predicted molar refractivity (Wildman–Crippen MR) is 201 cm³/mol. The number of benzene rings is 6. The predicted octanol–water partition coefficient (Wildman–Crippen LogP) is 8.75. The van der Waals surface area contributed by atoms with Gasteiger partial charge < -0.3 is 14.4 Å². The number of methoxy groups -OCH3 is 1. The molecule has 0 unspecified atom stereocenters. The van der Waals surface area contributed by atoms with Gasteiger partial charge in [0.15, 0.2) is 0 Å². The molecule has 0 spiro atoms. The molecule has 0 fully saturated rings. The van der Waals surface area contributed by atoms with Crippen molar-refractivity contribution in [1.82, 2.24) is 0 Å². The molecule has 1 aliphatic rings. The molecule has 1 aliphatic heterocycles. The average molecular weight is 696 g/mol. The molecule has 0 aromatic heterocycles. The van der Waals surface area contributed by atoms with Crippen LogP contribution in [0.25, 0.3) is 0 Å². The van der Waals surface area contributed by atoms with E-state index in [0.717, 1.165) is 22.3 Å². The van der Waals surface area contributed by atoms with Crippen LogP contribution in [-0.4, -0.2) is 21.4 Å². The summed E-state index contributed by atoms with van der Waals surface area (Å²) in [5, 5.41) is 0. The van der Waals surface area contributed by atoms with Crippen molar-refractivity contribution >= 4 is 33.0 Å². The number of nitrogens with zero attached hydrogens (tertiary/aromatic N) is 2. The fourth-order valence-corrected chi connectivity index (χ4v) is 7.32. The number of sulfonamides is 1. The van der Waals surface area contributed by atoms with Crippen molar-refractivity contribution in [1.29, 1.82) is 0 Å². The molecule has 0 saturated carbocycles. The number of ether oxygens (including phenoxy) is 2. The minimum absolute atomic E-state index is 0.0146. The maximum Gasteiger partial charge on any atom is 0.262 e. The zero-order chi connectivity index (χ0) is 35.4. The first-order valence-corrected chi connectivity index (χ1v) is 18.1. The largest absolute Gasteiger partial charge is 0.497 e. The van der Waals surface area contributed by atoms with E-state index in [1.807, 2.05) is 128 Å². The number of rotatable bonds is 11. The first-order valence-electron chi connectivity index (χ1n) is 16.6. The molecule has 1 heterocycles. The molecule has 0 bridgehead atoms. The van der Waals surface area contributed by atoms with Gasteiger partial charge in [-0.05, 0) is 90.3 Å². The Morgan fingerprint density at radius 3 is 2.08 bits per heavy atom. The van der Waals surface area contributed by atoms with E-state index in [-0.39, 0.29) is 16.4 Å². The topological polar surface area (TPSA) is 88.2 Å². The van der Waals surface area contributed by atoms with Crippen molar-refractivity contribution < 1.29 is 22.7 Å². The van der Waals surface area contributed by atoms with E-state index < -0.39 is 16.2 Å². The molecule has 7 rings (SSSR count). The normalized spacial score (nSPS) is 14.2. The first kappa shape index (κ1) is 33.4. The highest BCUT2D eigenvalue weighted by Crippen LogP contribution is 2.44. The molecule has 1 amide bonds. The van der Waals surface area contributed by atoms with Crippen LogP contribution >= 0.6 is 0 Å². The molecular formula is C42H37N3O5S. The Morgan fingerprint density at radius 2 is 1.39 bits per heavy atom. The molecule has 51 heavy (non-hydrogen) atoms. The summed E-state index contributed by atoms with van der Waals surface area (Å²) in [6.45, 7) is 2.76. The summed E-state index contributed by atoms with van der Waals surface area (Å²) in [6, 6.07) is 46.9. The van der Waals surface area contributed by atoms with E-state index in [0.29, 0.717) is 41.7 Å². The number of nitrogens with one attached hydrogen (secondary N) is 1. The van der Waals surface area contributed by atoms with Gasteiger partial charge in [-0.3, -0.25) is 14.4 Å². The van der Waals surface area contributed by atoms with Crippen molar-refractivity contribution in [3.63, 3.8) is 0 Å². The summed E-state index contributed by atoms with van der Waals surface area (Å²) in [6.07, 6.45) is -0.619. The molecule has 0 radical (unpaired) electrons. The Morgan fingerprint density at radius 1 is 0.706 bits per heavy atom. The van der Waals surface area contributed by atoms with E-state index in [1.54, 1.807) is 36.3 Å². The molecule has 8 nitrogen and oxygen atoms in total. The van der Waals surface area contributed by atoms with Crippen LogP contribution in [0, 0.1) is 6.92 Å². The number of aryl methyl sites for hydroxylation is 1. The highest BCUT2D eigenvalue weighted by atomic mass is 32.2. The molecule has 256 valence electrons. The number of hydrogen-bond acceptors (Lipinski definition) is 6. The summed E-state index contributed by atoms with van der Waals surface area (Å²) in [5.41, 5.74) is 5.83. The minimum atomic E-state index is -4.02. The summed E-state index contributed by atoms with van der Waals surface area (Å²) in [4.78, 5) is 18.7. The Bertz CT molecular complexity index is 2250. The first-order chi connectivity index (χ1) is 24.8. The van der Waals surface area contributed by atoms with Crippen LogP contribution in [0.15, 0.2) is 157 Å². The monoisotopic (exact) mass is 695 g/mol. The Kier molecular flexibility index (Phi) is 9.46. The number of fused-ring (bicyclic) bond motifs is 1. The lowest BCUT2D eigenvalue weighted by Gasteiger charge is -2.46.